The van der Waals surface area contributed by atoms with Gasteiger partial charge >= 0.3 is 0 Å². The number of thiazole rings is 1. The second-order valence-electron chi connectivity index (χ2n) is 5.78. The molecule has 0 aliphatic heterocycles. The van der Waals surface area contributed by atoms with Crippen molar-refractivity contribution in [3.8, 4) is 10.6 Å². The Balaban J connectivity index is 1.98. The zero-order chi connectivity index (χ0) is 16.8. The molecular formula is C17H21N3O2S. The molecule has 0 fully saturated rings. The number of hydrogen-bond acceptors (Lipinski definition) is 4. The molecule has 122 valence electrons. The first kappa shape index (κ1) is 17.1. The minimum absolute atomic E-state index is 0.00319. The van der Waals surface area contributed by atoms with Crippen LogP contribution < -0.4 is 10.6 Å². The molecule has 0 saturated heterocycles. The lowest BCUT2D eigenvalue weighted by molar-refractivity contribution is -0.120. The van der Waals surface area contributed by atoms with Crippen LogP contribution in [0.25, 0.3) is 10.6 Å². The van der Waals surface area contributed by atoms with Crippen molar-refractivity contribution in [3.05, 3.63) is 35.3 Å². The van der Waals surface area contributed by atoms with Gasteiger partial charge in [-0.25, -0.2) is 4.98 Å². The highest BCUT2D eigenvalue weighted by atomic mass is 32.1. The molecule has 2 N–H and O–H groups in total. The predicted molar refractivity (Wildman–Crippen MR) is 93.4 cm³/mol. The summed E-state index contributed by atoms with van der Waals surface area (Å²) in [5, 5.41) is 8.40. The van der Waals surface area contributed by atoms with Crippen molar-refractivity contribution >= 4 is 28.8 Å². The van der Waals surface area contributed by atoms with E-state index in [0.29, 0.717) is 18.9 Å². The first-order chi connectivity index (χ1) is 10.9. The fourth-order valence-corrected chi connectivity index (χ4v) is 2.79. The van der Waals surface area contributed by atoms with Gasteiger partial charge in [0.05, 0.1) is 12.1 Å². The quantitative estimate of drug-likeness (QED) is 0.854. The molecule has 5 nitrogen and oxygen atoms in total. The van der Waals surface area contributed by atoms with Gasteiger partial charge in [-0.1, -0.05) is 13.8 Å². The Kier molecular flexibility index (Phi) is 5.87. The van der Waals surface area contributed by atoms with Gasteiger partial charge in [0, 0.05) is 30.1 Å². The van der Waals surface area contributed by atoms with Gasteiger partial charge in [0.25, 0.3) is 0 Å². The van der Waals surface area contributed by atoms with E-state index < -0.39 is 0 Å². The Labute approximate surface area is 140 Å². The van der Waals surface area contributed by atoms with E-state index in [1.54, 1.807) is 0 Å². The van der Waals surface area contributed by atoms with Crippen molar-refractivity contribution in [1.82, 2.24) is 10.3 Å². The van der Waals surface area contributed by atoms with Crippen LogP contribution in [0.1, 0.15) is 26.5 Å². The van der Waals surface area contributed by atoms with E-state index >= 15 is 0 Å². The van der Waals surface area contributed by atoms with Crippen LogP contribution in [0.15, 0.2) is 29.6 Å². The van der Waals surface area contributed by atoms with E-state index in [4.69, 9.17) is 0 Å². The largest absolute Gasteiger partial charge is 0.356 e. The maximum absolute atomic E-state index is 11.8. The molecule has 0 saturated carbocycles. The van der Waals surface area contributed by atoms with E-state index in [1.807, 2.05) is 29.6 Å². The van der Waals surface area contributed by atoms with Crippen LogP contribution in [0.4, 0.5) is 5.69 Å². The highest BCUT2D eigenvalue weighted by Crippen LogP contribution is 2.25. The Morgan fingerprint density at radius 2 is 1.91 bits per heavy atom. The molecule has 0 atom stereocenters. The third kappa shape index (κ3) is 5.49. The summed E-state index contributed by atoms with van der Waals surface area (Å²) in [5.41, 5.74) is 2.50. The number of nitrogens with zero attached hydrogens (tertiary/aromatic N) is 1. The zero-order valence-electron chi connectivity index (χ0n) is 13.6. The number of anilines is 1. The summed E-state index contributed by atoms with van der Waals surface area (Å²) in [4.78, 5) is 27.3. The number of rotatable bonds is 6. The maximum Gasteiger partial charge on any atom is 0.226 e. The van der Waals surface area contributed by atoms with Crippen molar-refractivity contribution in [2.24, 2.45) is 5.92 Å². The molecule has 0 radical (unpaired) electrons. The lowest BCUT2D eigenvalue weighted by atomic mass is 10.2. The Morgan fingerprint density at radius 1 is 1.22 bits per heavy atom. The average molecular weight is 331 g/mol. The molecule has 6 heteroatoms. The SMILES string of the molecule is CC(=O)Nc1ccc(-c2nc(CC(=O)NCC(C)C)cs2)cc1. The monoisotopic (exact) mass is 331 g/mol. The van der Waals surface area contributed by atoms with Gasteiger partial charge in [0.15, 0.2) is 0 Å². The standard InChI is InChI=1S/C17H21N3O2S/c1-11(2)9-18-16(22)8-15-10-23-17(20-15)13-4-6-14(7-5-13)19-12(3)21/h4-7,10-11H,8-9H2,1-3H3,(H,18,22)(H,19,21). The second-order valence-corrected chi connectivity index (χ2v) is 6.64. The zero-order valence-corrected chi connectivity index (χ0v) is 14.4. The fourth-order valence-electron chi connectivity index (χ4n) is 1.97. The summed E-state index contributed by atoms with van der Waals surface area (Å²) >= 11 is 1.51. The molecule has 0 bridgehead atoms. The maximum atomic E-state index is 11.8. The molecule has 0 aliphatic rings. The van der Waals surface area contributed by atoms with Crippen molar-refractivity contribution in [2.75, 3.05) is 11.9 Å². The van der Waals surface area contributed by atoms with Crippen LogP contribution in [0.2, 0.25) is 0 Å². The molecule has 2 aromatic rings. The van der Waals surface area contributed by atoms with E-state index in [1.165, 1.54) is 18.3 Å². The molecule has 1 aromatic heterocycles. The summed E-state index contributed by atoms with van der Waals surface area (Å²) in [5.74, 6) is 0.338. The summed E-state index contributed by atoms with van der Waals surface area (Å²) in [6.45, 7) is 6.28. The molecular weight excluding hydrogens is 310 g/mol. The van der Waals surface area contributed by atoms with Gasteiger partial charge in [-0.15, -0.1) is 11.3 Å². The molecule has 23 heavy (non-hydrogen) atoms. The fraction of sp³-hybridized carbons (Fsp3) is 0.353. The van der Waals surface area contributed by atoms with E-state index in [0.717, 1.165) is 22.0 Å². The van der Waals surface area contributed by atoms with Crippen molar-refractivity contribution in [1.29, 1.82) is 0 Å². The molecule has 2 amide bonds. The molecule has 1 aromatic carbocycles. The van der Waals surface area contributed by atoms with Crippen molar-refractivity contribution < 1.29 is 9.59 Å². The summed E-state index contributed by atoms with van der Waals surface area (Å²) in [7, 11) is 0. The van der Waals surface area contributed by atoms with E-state index in [-0.39, 0.29) is 11.8 Å². The van der Waals surface area contributed by atoms with Crippen LogP contribution >= 0.6 is 11.3 Å². The predicted octanol–water partition coefficient (Wildman–Crippen LogP) is 3.08. The van der Waals surface area contributed by atoms with Crippen LogP contribution in [-0.2, 0) is 16.0 Å². The minimum Gasteiger partial charge on any atom is -0.356 e. The third-order valence-electron chi connectivity index (χ3n) is 3.05. The number of aromatic nitrogens is 1. The Morgan fingerprint density at radius 3 is 2.52 bits per heavy atom. The number of carbonyl (C=O) groups excluding carboxylic acids is 2. The number of nitrogens with one attached hydrogen (secondary N) is 2. The van der Waals surface area contributed by atoms with Gasteiger partial charge in [-0.05, 0) is 30.2 Å². The van der Waals surface area contributed by atoms with Gasteiger partial charge in [0.2, 0.25) is 11.8 Å². The Hall–Kier alpha value is -2.21. The average Bonchev–Trinajstić information content (AvgIpc) is 2.94. The van der Waals surface area contributed by atoms with Gasteiger partial charge < -0.3 is 10.6 Å². The molecule has 1 heterocycles. The summed E-state index contributed by atoms with van der Waals surface area (Å²) in [6, 6.07) is 7.50. The number of amides is 2. The molecule has 0 aliphatic carbocycles. The number of hydrogen-bond donors (Lipinski definition) is 2. The Bertz CT molecular complexity index is 677. The van der Waals surface area contributed by atoms with Gasteiger partial charge in [-0.2, -0.15) is 0 Å². The number of benzene rings is 1. The highest BCUT2D eigenvalue weighted by Gasteiger charge is 2.09. The second kappa shape index (κ2) is 7.87. The first-order valence-electron chi connectivity index (χ1n) is 7.53. The van der Waals surface area contributed by atoms with Crippen molar-refractivity contribution in [2.45, 2.75) is 27.2 Å². The minimum atomic E-state index is -0.0957. The normalized spacial score (nSPS) is 10.6. The van der Waals surface area contributed by atoms with Crippen LogP contribution in [0.5, 0.6) is 0 Å². The smallest absolute Gasteiger partial charge is 0.226 e. The number of carbonyl (C=O) groups is 2. The molecule has 0 unspecified atom stereocenters. The van der Waals surface area contributed by atoms with E-state index in [9.17, 15) is 9.59 Å². The summed E-state index contributed by atoms with van der Waals surface area (Å²) < 4.78 is 0. The lowest BCUT2D eigenvalue weighted by Gasteiger charge is -2.06. The topological polar surface area (TPSA) is 71.1 Å². The third-order valence-corrected chi connectivity index (χ3v) is 3.99. The highest BCUT2D eigenvalue weighted by molar-refractivity contribution is 7.13. The first-order valence-corrected chi connectivity index (χ1v) is 8.41. The van der Waals surface area contributed by atoms with Gasteiger partial charge in [-0.3, -0.25) is 9.59 Å². The molecule has 2 rings (SSSR count). The lowest BCUT2D eigenvalue weighted by Crippen LogP contribution is -2.28. The van der Waals surface area contributed by atoms with Crippen LogP contribution in [-0.4, -0.2) is 23.3 Å². The summed E-state index contributed by atoms with van der Waals surface area (Å²) in [6.07, 6.45) is 0.299. The van der Waals surface area contributed by atoms with Crippen LogP contribution in [0, 0.1) is 5.92 Å². The van der Waals surface area contributed by atoms with Crippen LogP contribution in [0.3, 0.4) is 0 Å². The van der Waals surface area contributed by atoms with E-state index in [2.05, 4.69) is 29.5 Å². The van der Waals surface area contributed by atoms with Gasteiger partial charge in [0.1, 0.15) is 5.01 Å². The molecule has 0 spiro atoms. The van der Waals surface area contributed by atoms with Crippen molar-refractivity contribution in [3.63, 3.8) is 0 Å².